The van der Waals surface area contributed by atoms with E-state index < -0.39 is 10.0 Å². The molecule has 0 saturated carbocycles. The first-order valence-electron chi connectivity index (χ1n) is 7.16. The standard InChI is InChI=1S/C15H26O2Si/c1-3-5-10-14(11-6-4-2)16-18-17-15-12-8-7-9-13-15/h7-9,12-14H,3-6,10-11,18H2,1-2H3. The van der Waals surface area contributed by atoms with Gasteiger partial charge in [0.2, 0.25) is 0 Å². The van der Waals surface area contributed by atoms with Gasteiger partial charge in [-0.25, -0.2) is 0 Å². The van der Waals surface area contributed by atoms with Crippen LogP contribution in [-0.4, -0.2) is 16.1 Å². The molecule has 0 aromatic heterocycles. The summed E-state index contributed by atoms with van der Waals surface area (Å²) in [4.78, 5) is 0. The Kier molecular flexibility index (Phi) is 8.60. The summed E-state index contributed by atoms with van der Waals surface area (Å²) in [7, 11) is -0.890. The average molecular weight is 266 g/mol. The lowest BCUT2D eigenvalue weighted by molar-refractivity contribution is 0.161. The van der Waals surface area contributed by atoms with Crippen LogP contribution in [0.25, 0.3) is 0 Å². The summed E-state index contributed by atoms with van der Waals surface area (Å²) in [5.41, 5.74) is 0. The molecule has 1 aromatic rings. The molecule has 0 atom stereocenters. The first-order chi connectivity index (χ1) is 8.86. The van der Waals surface area contributed by atoms with Crippen LogP contribution in [0.4, 0.5) is 0 Å². The van der Waals surface area contributed by atoms with Crippen LogP contribution in [0.1, 0.15) is 52.4 Å². The Hall–Kier alpha value is -0.803. The molecule has 0 aliphatic rings. The van der Waals surface area contributed by atoms with Gasteiger partial charge < -0.3 is 8.85 Å². The number of hydrogen-bond donors (Lipinski definition) is 0. The zero-order valence-electron chi connectivity index (χ0n) is 11.7. The zero-order chi connectivity index (χ0) is 13.1. The molecule has 1 rings (SSSR count). The molecule has 1 aromatic carbocycles. The summed E-state index contributed by atoms with van der Waals surface area (Å²) in [5.74, 6) is 0.939. The highest BCUT2D eigenvalue weighted by Crippen LogP contribution is 2.13. The summed E-state index contributed by atoms with van der Waals surface area (Å²) in [6, 6.07) is 9.97. The van der Waals surface area contributed by atoms with Crippen molar-refractivity contribution in [2.75, 3.05) is 0 Å². The normalized spacial score (nSPS) is 11.5. The Labute approximate surface area is 114 Å². The molecule has 0 N–H and O–H groups in total. The molecule has 18 heavy (non-hydrogen) atoms. The second-order valence-corrected chi connectivity index (χ2v) is 5.51. The van der Waals surface area contributed by atoms with E-state index in [-0.39, 0.29) is 0 Å². The topological polar surface area (TPSA) is 18.5 Å². The monoisotopic (exact) mass is 266 g/mol. The summed E-state index contributed by atoms with van der Waals surface area (Å²) >= 11 is 0. The van der Waals surface area contributed by atoms with Crippen molar-refractivity contribution in [2.45, 2.75) is 58.5 Å². The molecule has 0 heterocycles. The van der Waals surface area contributed by atoms with Crippen molar-refractivity contribution in [3.63, 3.8) is 0 Å². The van der Waals surface area contributed by atoms with E-state index in [1.54, 1.807) is 0 Å². The van der Waals surface area contributed by atoms with Gasteiger partial charge in [-0.15, -0.1) is 0 Å². The smallest absolute Gasteiger partial charge is 0.366 e. The van der Waals surface area contributed by atoms with E-state index in [0.717, 1.165) is 5.75 Å². The molecule has 0 radical (unpaired) electrons. The Morgan fingerprint density at radius 1 is 1.00 bits per heavy atom. The van der Waals surface area contributed by atoms with Crippen molar-refractivity contribution in [3.05, 3.63) is 30.3 Å². The Morgan fingerprint density at radius 2 is 1.61 bits per heavy atom. The predicted octanol–water partition coefficient (Wildman–Crippen LogP) is 3.83. The van der Waals surface area contributed by atoms with E-state index in [1.165, 1.54) is 38.5 Å². The molecule has 0 saturated heterocycles. The van der Waals surface area contributed by atoms with Crippen LogP contribution < -0.4 is 4.43 Å². The van der Waals surface area contributed by atoms with Gasteiger partial charge in [0.25, 0.3) is 0 Å². The lowest BCUT2D eigenvalue weighted by Gasteiger charge is -2.18. The average Bonchev–Trinajstić information content (AvgIpc) is 2.42. The van der Waals surface area contributed by atoms with Crippen LogP contribution in [-0.2, 0) is 4.43 Å². The van der Waals surface area contributed by atoms with Crippen molar-refractivity contribution in [3.8, 4) is 5.75 Å². The van der Waals surface area contributed by atoms with E-state index in [0.29, 0.717) is 6.10 Å². The van der Waals surface area contributed by atoms with Gasteiger partial charge in [-0.1, -0.05) is 57.7 Å². The summed E-state index contributed by atoms with van der Waals surface area (Å²) < 4.78 is 11.7. The molecule has 0 amide bonds. The highest BCUT2D eigenvalue weighted by molar-refractivity contribution is 6.19. The van der Waals surface area contributed by atoms with Crippen molar-refractivity contribution in [1.82, 2.24) is 0 Å². The first kappa shape index (κ1) is 15.3. The minimum absolute atomic E-state index is 0.417. The third kappa shape index (κ3) is 6.82. The fourth-order valence-corrected chi connectivity index (χ4v) is 2.81. The van der Waals surface area contributed by atoms with E-state index in [4.69, 9.17) is 8.85 Å². The summed E-state index contributed by atoms with van der Waals surface area (Å²) in [5, 5.41) is 0. The number of para-hydroxylation sites is 1. The van der Waals surface area contributed by atoms with E-state index in [2.05, 4.69) is 13.8 Å². The molecule has 3 heteroatoms. The highest BCUT2D eigenvalue weighted by Gasteiger charge is 2.08. The van der Waals surface area contributed by atoms with Gasteiger partial charge >= 0.3 is 10.0 Å². The minimum atomic E-state index is -0.890. The lowest BCUT2D eigenvalue weighted by atomic mass is 10.1. The van der Waals surface area contributed by atoms with Gasteiger partial charge in [0.1, 0.15) is 5.75 Å². The van der Waals surface area contributed by atoms with Crippen LogP contribution in [0.3, 0.4) is 0 Å². The van der Waals surface area contributed by atoms with Gasteiger partial charge in [0.05, 0.1) is 0 Å². The van der Waals surface area contributed by atoms with Crippen LogP contribution in [0.5, 0.6) is 5.75 Å². The molecule has 2 nitrogen and oxygen atoms in total. The fourth-order valence-electron chi connectivity index (χ4n) is 1.89. The molecule has 0 fully saturated rings. The fraction of sp³-hybridized carbons (Fsp3) is 0.600. The number of hydrogen-bond acceptors (Lipinski definition) is 2. The molecular weight excluding hydrogens is 240 g/mol. The maximum Gasteiger partial charge on any atom is 0.366 e. The Morgan fingerprint density at radius 3 is 2.17 bits per heavy atom. The van der Waals surface area contributed by atoms with E-state index in [9.17, 15) is 0 Å². The molecular formula is C15H26O2Si. The van der Waals surface area contributed by atoms with Crippen molar-refractivity contribution < 1.29 is 8.85 Å². The van der Waals surface area contributed by atoms with Gasteiger partial charge in [0.15, 0.2) is 0 Å². The zero-order valence-corrected chi connectivity index (χ0v) is 13.1. The van der Waals surface area contributed by atoms with Gasteiger partial charge in [-0.3, -0.25) is 0 Å². The molecule has 102 valence electrons. The van der Waals surface area contributed by atoms with Gasteiger partial charge in [0, 0.05) is 6.10 Å². The summed E-state index contributed by atoms with van der Waals surface area (Å²) in [6.07, 6.45) is 7.78. The van der Waals surface area contributed by atoms with Crippen LogP contribution in [0.15, 0.2) is 30.3 Å². The molecule has 0 aliphatic heterocycles. The molecule has 0 aliphatic carbocycles. The third-order valence-corrected chi connectivity index (χ3v) is 4.09. The van der Waals surface area contributed by atoms with Crippen molar-refractivity contribution in [1.29, 1.82) is 0 Å². The second kappa shape index (κ2) is 10.2. The number of rotatable bonds is 10. The molecule has 0 spiro atoms. The maximum atomic E-state index is 5.97. The van der Waals surface area contributed by atoms with Crippen LogP contribution in [0.2, 0.25) is 0 Å². The number of benzene rings is 1. The third-order valence-electron chi connectivity index (χ3n) is 3.03. The second-order valence-electron chi connectivity index (χ2n) is 4.65. The Bertz CT molecular complexity index is 282. The Balaban J connectivity index is 2.23. The molecule has 0 unspecified atom stereocenters. The number of unbranched alkanes of at least 4 members (excludes halogenated alkanes) is 2. The lowest BCUT2D eigenvalue weighted by Crippen LogP contribution is -2.19. The highest BCUT2D eigenvalue weighted by atomic mass is 28.3. The minimum Gasteiger partial charge on any atom is -0.525 e. The summed E-state index contributed by atoms with van der Waals surface area (Å²) in [6.45, 7) is 4.46. The first-order valence-corrected chi connectivity index (χ1v) is 8.31. The van der Waals surface area contributed by atoms with Crippen molar-refractivity contribution in [2.24, 2.45) is 0 Å². The van der Waals surface area contributed by atoms with E-state index in [1.807, 2.05) is 30.3 Å². The largest absolute Gasteiger partial charge is 0.525 e. The van der Waals surface area contributed by atoms with E-state index >= 15 is 0 Å². The van der Waals surface area contributed by atoms with Crippen LogP contribution in [0, 0.1) is 0 Å². The van der Waals surface area contributed by atoms with Crippen LogP contribution >= 0.6 is 0 Å². The van der Waals surface area contributed by atoms with Crippen molar-refractivity contribution >= 4 is 10.0 Å². The maximum absolute atomic E-state index is 5.97. The molecule has 0 bridgehead atoms. The van der Waals surface area contributed by atoms with Gasteiger partial charge in [-0.05, 0) is 25.0 Å². The quantitative estimate of drug-likeness (QED) is 0.599. The van der Waals surface area contributed by atoms with Gasteiger partial charge in [-0.2, -0.15) is 0 Å². The SMILES string of the molecule is CCCCC(CCCC)O[SiH2]Oc1ccccc1. The predicted molar refractivity (Wildman–Crippen MR) is 79.5 cm³/mol.